The van der Waals surface area contributed by atoms with Crippen molar-refractivity contribution in [1.29, 1.82) is 10.8 Å². The molecule has 0 aromatic heterocycles. The third-order valence-electron chi connectivity index (χ3n) is 5.22. The van der Waals surface area contributed by atoms with E-state index in [0.29, 0.717) is 12.1 Å². The molecular formula is C24H19F2N3O2. The lowest BCUT2D eigenvalue weighted by Crippen LogP contribution is -2.23. The van der Waals surface area contributed by atoms with E-state index in [1.807, 2.05) is 55.5 Å². The molecule has 31 heavy (non-hydrogen) atoms. The summed E-state index contributed by atoms with van der Waals surface area (Å²) in [5, 5.41) is 14.9. The topological polar surface area (TPSA) is 77.2 Å². The van der Waals surface area contributed by atoms with E-state index in [-0.39, 0.29) is 11.5 Å². The molecule has 0 saturated heterocycles. The van der Waals surface area contributed by atoms with Crippen molar-refractivity contribution < 1.29 is 18.3 Å². The number of amides is 1. The van der Waals surface area contributed by atoms with Crippen molar-refractivity contribution in [3.8, 4) is 11.1 Å². The Hall–Kier alpha value is -3.87. The van der Waals surface area contributed by atoms with Gasteiger partial charge in [-0.25, -0.2) is 0 Å². The molecule has 0 saturated carbocycles. The molecule has 156 valence electrons. The first-order valence-electron chi connectivity index (χ1n) is 9.60. The minimum absolute atomic E-state index is 0.159. The molecule has 3 aromatic carbocycles. The van der Waals surface area contributed by atoms with Gasteiger partial charge < -0.3 is 9.64 Å². The maximum absolute atomic E-state index is 13.2. The standard InChI is InChI=1S/C24H19F2N3O2/c1-14-6-2-3-7-17(14)18-8-4-5-9-20(18)29-13-16-11-10-15(12-19(16)24(29)30)22(27)31-23(28)21(25)26/h2-12,21,27-28H,13H2,1H3. The normalized spacial score (nSPS) is 12.8. The van der Waals surface area contributed by atoms with Crippen LogP contribution in [-0.4, -0.2) is 24.1 Å². The van der Waals surface area contributed by atoms with Crippen molar-refractivity contribution >= 4 is 23.4 Å². The largest absolute Gasteiger partial charge is 0.419 e. The second-order valence-electron chi connectivity index (χ2n) is 7.19. The zero-order chi connectivity index (χ0) is 22.1. The minimum Gasteiger partial charge on any atom is -0.419 e. The summed E-state index contributed by atoms with van der Waals surface area (Å²) in [6, 6.07) is 20.3. The summed E-state index contributed by atoms with van der Waals surface area (Å²) in [6.45, 7) is 2.37. The average molecular weight is 419 g/mol. The van der Waals surface area contributed by atoms with Crippen molar-refractivity contribution in [3.63, 3.8) is 0 Å². The molecule has 0 aliphatic carbocycles. The first-order chi connectivity index (χ1) is 14.9. The van der Waals surface area contributed by atoms with Gasteiger partial charge in [0.1, 0.15) is 0 Å². The Kier molecular flexibility index (Phi) is 5.33. The number of nitrogens with zero attached hydrogens (tertiary/aromatic N) is 1. The number of anilines is 1. The van der Waals surface area contributed by atoms with Gasteiger partial charge in [-0.2, -0.15) is 8.78 Å². The fourth-order valence-electron chi connectivity index (χ4n) is 3.66. The van der Waals surface area contributed by atoms with Gasteiger partial charge in [0.15, 0.2) is 0 Å². The van der Waals surface area contributed by atoms with E-state index in [4.69, 9.17) is 10.8 Å². The van der Waals surface area contributed by atoms with Crippen LogP contribution >= 0.6 is 0 Å². The highest BCUT2D eigenvalue weighted by atomic mass is 19.3. The molecule has 1 amide bonds. The number of fused-ring (bicyclic) bond motifs is 1. The van der Waals surface area contributed by atoms with E-state index >= 15 is 0 Å². The smallest absolute Gasteiger partial charge is 0.312 e. The number of hydrogen-bond donors (Lipinski definition) is 2. The van der Waals surface area contributed by atoms with Crippen LogP contribution in [-0.2, 0) is 11.3 Å². The van der Waals surface area contributed by atoms with Crippen LogP contribution in [0.3, 0.4) is 0 Å². The van der Waals surface area contributed by atoms with Gasteiger partial charge in [-0.1, -0.05) is 48.5 Å². The second-order valence-corrected chi connectivity index (χ2v) is 7.19. The Labute approximate surface area is 177 Å². The summed E-state index contributed by atoms with van der Waals surface area (Å²) >= 11 is 0. The molecule has 0 radical (unpaired) electrons. The van der Waals surface area contributed by atoms with Crippen LogP contribution in [0.1, 0.15) is 27.0 Å². The van der Waals surface area contributed by atoms with Gasteiger partial charge in [0, 0.05) is 16.7 Å². The van der Waals surface area contributed by atoms with E-state index in [9.17, 15) is 13.6 Å². The number of benzene rings is 3. The van der Waals surface area contributed by atoms with Crippen molar-refractivity contribution in [2.45, 2.75) is 19.9 Å². The van der Waals surface area contributed by atoms with Crippen molar-refractivity contribution in [3.05, 3.63) is 89.0 Å². The number of nitrogens with one attached hydrogen (secondary N) is 2. The fraction of sp³-hybridized carbons (Fsp3) is 0.125. The molecule has 1 heterocycles. The lowest BCUT2D eigenvalue weighted by atomic mass is 9.98. The maximum Gasteiger partial charge on any atom is 0.312 e. The number of aryl methyl sites for hydroxylation is 1. The van der Waals surface area contributed by atoms with Crippen LogP contribution in [0.5, 0.6) is 0 Å². The SMILES string of the molecule is Cc1ccccc1-c1ccccc1N1Cc2ccc(C(=N)OC(=N)C(F)F)cc2C1=O. The molecule has 2 N–H and O–H groups in total. The maximum atomic E-state index is 13.2. The van der Waals surface area contributed by atoms with Gasteiger partial charge >= 0.3 is 6.43 Å². The quantitative estimate of drug-likeness (QED) is 0.438. The molecule has 3 aromatic rings. The summed E-state index contributed by atoms with van der Waals surface area (Å²) in [7, 11) is 0. The predicted octanol–water partition coefficient (Wildman–Crippen LogP) is 5.41. The molecule has 0 bridgehead atoms. The first kappa shape index (κ1) is 20.4. The predicted molar refractivity (Wildman–Crippen MR) is 115 cm³/mol. The second kappa shape index (κ2) is 8.10. The zero-order valence-corrected chi connectivity index (χ0v) is 16.7. The summed E-state index contributed by atoms with van der Waals surface area (Å²) in [6.07, 6.45) is -3.11. The molecule has 0 fully saturated rings. The van der Waals surface area contributed by atoms with E-state index in [1.165, 1.54) is 12.1 Å². The number of ether oxygens (including phenoxy) is 1. The molecule has 4 rings (SSSR count). The Morgan fingerprint density at radius 2 is 1.65 bits per heavy atom. The van der Waals surface area contributed by atoms with Crippen LogP contribution in [0.4, 0.5) is 14.5 Å². The summed E-state index contributed by atoms with van der Waals surface area (Å²) in [4.78, 5) is 14.9. The number of carbonyl (C=O) groups excluding carboxylic acids is 1. The molecule has 5 nitrogen and oxygen atoms in total. The highest BCUT2D eigenvalue weighted by Gasteiger charge is 2.31. The summed E-state index contributed by atoms with van der Waals surface area (Å²) in [5.74, 6) is -2.14. The van der Waals surface area contributed by atoms with Crippen LogP contribution in [0.15, 0.2) is 66.7 Å². The van der Waals surface area contributed by atoms with Crippen LogP contribution in [0.2, 0.25) is 0 Å². The molecule has 1 aliphatic heterocycles. The number of carbonyl (C=O) groups is 1. The van der Waals surface area contributed by atoms with E-state index in [1.54, 1.807) is 11.0 Å². The summed E-state index contributed by atoms with van der Waals surface area (Å²) in [5.41, 5.74) is 5.14. The molecule has 1 aliphatic rings. The number of para-hydroxylation sites is 1. The number of alkyl halides is 2. The monoisotopic (exact) mass is 419 g/mol. The third-order valence-corrected chi connectivity index (χ3v) is 5.22. The highest BCUT2D eigenvalue weighted by molar-refractivity contribution is 6.13. The Morgan fingerprint density at radius 1 is 0.968 bits per heavy atom. The molecule has 0 atom stereocenters. The number of hydrogen-bond acceptors (Lipinski definition) is 4. The fourth-order valence-corrected chi connectivity index (χ4v) is 3.66. The molecule has 7 heteroatoms. The van der Waals surface area contributed by atoms with E-state index in [0.717, 1.165) is 27.9 Å². The summed E-state index contributed by atoms with van der Waals surface area (Å²) < 4.78 is 29.6. The van der Waals surface area contributed by atoms with Gasteiger partial charge in [-0.05, 0) is 41.8 Å². The first-order valence-corrected chi connectivity index (χ1v) is 9.60. The van der Waals surface area contributed by atoms with E-state index in [2.05, 4.69) is 4.74 Å². The van der Waals surface area contributed by atoms with Crippen molar-refractivity contribution in [2.75, 3.05) is 4.90 Å². The number of rotatable bonds is 4. The zero-order valence-electron chi connectivity index (χ0n) is 16.7. The Balaban J connectivity index is 1.67. The van der Waals surface area contributed by atoms with Gasteiger partial charge in [-0.3, -0.25) is 15.6 Å². The highest BCUT2D eigenvalue weighted by Crippen LogP contribution is 2.37. The lowest BCUT2D eigenvalue weighted by Gasteiger charge is -2.20. The van der Waals surface area contributed by atoms with E-state index < -0.39 is 18.2 Å². The molecule has 0 spiro atoms. The van der Waals surface area contributed by atoms with Crippen LogP contribution in [0, 0.1) is 17.7 Å². The van der Waals surface area contributed by atoms with Crippen molar-refractivity contribution in [1.82, 2.24) is 0 Å². The lowest BCUT2D eigenvalue weighted by molar-refractivity contribution is 0.0996. The van der Waals surface area contributed by atoms with Crippen LogP contribution in [0.25, 0.3) is 11.1 Å². The van der Waals surface area contributed by atoms with Crippen LogP contribution < -0.4 is 4.90 Å². The minimum atomic E-state index is -3.11. The number of halogens is 2. The van der Waals surface area contributed by atoms with Gasteiger partial charge in [0.25, 0.3) is 11.8 Å². The van der Waals surface area contributed by atoms with Crippen molar-refractivity contribution in [2.24, 2.45) is 0 Å². The molecule has 0 unspecified atom stereocenters. The Bertz CT molecular complexity index is 1210. The van der Waals surface area contributed by atoms with Gasteiger partial charge in [0.2, 0.25) is 5.90 Å². The molecular weight excluding hydrogens is 400 g/mol. The van der Waals surface area contributed by atoms with Gasteiger partial charge in [-0.15, -0.1) is 0 Å². The Morgan fingerprint density at radius 3 is 2.35 bits per heavy atom. The van der Waals surface area contributed by atoms with Gasteiger partial charge in [0.05, 0.1) is 12.2 Å². The third kappa shape index (κ3) is 3.82. The average Bonchev–Trinajstić information content (AvgIpc) is 3.09.